The first-order valence-electron chi connectivity index (χ1n) is 7.18. The van der Waals surface area contributed by atoms with Gasteiger partial charge in [0.25, 0.3) is 0 Å². The molecule has 0 saturated carbocycles. The second kappa shape index (κ2) is 7.42. The summed E-state index contributed by atoms with van der Waals surface area (Å²) in [5, 5.41) is 2.18. The molecule has 1 rings (SSSR count). The van der Waals surface area contributed by atoms with Gasteiger partial charge in [-0.3, -0.25) is 4.79 Å². The lowest BCUT2D eigenvalue weighted by Gasteiger charge is -2.20. The van der Waals surface area contributed by atoms with E-state index in [9.17, 15) is 22.8 Å². The number of amides is 1. The number of carbonyl (C=O) groups excluding carboxylic acids is 2. The maximum absolute atomic E-state index is 12.9. The van der Waals surface area contributed by atoms with Crippen molar-refractivity contribution in [3.63, 3.8) is 0 Å². The van der Waals surface area contributed by atoms with E-state index in [1.165, 1.54) is 6.92 Å². The maximum Gasteiger partial charge on any atom is 0.416 e. The number of alkyl halides is 3. The molecule has 24 heavy (non-hydrogen) atoms. The zero-order valence-electron chi connectivity index (χ0n) is 13.8. The van der Waals surface area contributed by atoms with Gasteiger partial charge in [-0.15, -0.1) is 0 Å². The summed E-state index contributed by atoms with van der Waals surface area (Å²) >= 11 is 5.83. The number of halogens is 4. The van der Waals surface area contributed by atoms with Crippen LogP contribution < -0.4 is 5.32 Å². The molecule has 4 nitrogen and oxygen atoms in total. The smallest absolute Gasteiger partial charge is 0.416 e. The molecule has 1 aromatic rings. The zero-order chi connectivity index (χ0) is 18.7. The van der Waals surface area contributed by atoms with Crippen molar-refractivity contribution in [3.05, 3.63) is 33.8 Å². The maximum atomic E-state index is 12.9. The lowest BCUT2D eigenvalue weighted by atomic mass is 9.98. The van der Waals surface area contributed by atoms with Gasteiger partial charge in [0, 0.05) is 12.1 Å². The normalized spacial score (nSPS) is 12.0. The van der Waals surface area contributed by atoms with Gasteiger partial charge in [0.2, 0.25) is 0 Å². The molecule has 1 amide bonds. The number of hydrogen-bond donors (Lipinski definition) is 1. The van der Waals surface area contributed by atoms with E-state index in [1.54, 1.807) is 20.8 Å². The summed E-state index contributed by atoms with van der Waals surface area (Å²) in [5.41, 5.74) is -1.48. The van der Waals surface area contributed by atoms with Crippen LogP contribution in [-0.4, -0.2) is 24.0 Å². The fourth-order valence-electron chi connectivity index (χ4n) is 2.03. The highest BCUT2D eigenvalue weighted by Gasteiger charge is 2.32. The molecule has 0 fully saturated rings. The molecular formula is C16H19ClF3NO3. The van der Waals surface area contributed by atoms with Gasteiger partial charge in [-0.2, -0.15) is 13.2 Å². The van der Waals surface area contributed by atoms with Crippen molar-refractivity contribution < 1.29 is 27.5 Å². The minimum absolute atomic E-state index is 0.00678. The number of ketones is 1. The SMILES string of the molecule is CC(=O)c1c(Cl)cc(C(F)(F)F)cc1CCNC(=O)OC(C)(C)C. The number of rotatable bonds is 4. The molecule has 134 valence electrons. The molecule has 0 atom stereocenters. The van der Waals surface area contributed by atoms with Gasteiger partial charge in [0.15, 0.2) is 5.78 Å². The first-order chi connectivity index (χ1) is 10.8. The van der Waals surface area contributed by atoms with E-state index >= 15 is 0 Å². The highest BCUT2D eigenvalue weighted by Crippen LogP contribution is 2.34. The van der Waals surface area contributed by atoms with E-state index in [-0.39, 0.29) is 29.1 Å². The monoisotopic (exact) mass is 365 g/mol. The van der Waals surface area contributed by atoms with Crippen LogP contribution in [0.3, 0.4) is 0 Å². The lowest BCUT2D eigenvalue weighted by molar-refractivity contribution is -0.137. The summed E-state index contributed by atoms with van der Waals surface area (Å²) in [7, 11) is 0. The van der Waals surface area contributed by atoms with Crippen molar-refractivity contribution in [1.29, 1.82) is 0 Å². The van der Waals surface area contributed by atoms with Crippen LogP contribution in [0.15, 0.2) is 12.1 Å². The van der Waals surface area contributed by atoms with Crippen LogP contribution in [0.5, 0.6) is 0 Å². The number of ether oxygens (including phenoxy) is 1. The van der Waals surface area contributed by atoms with E-state index in [4.69, 9.17) is 16.3 Å². The van der Waals surface area contributed by atoms with Crippen LogP contribution in [-0.2, 0) is 17.3 Å². The average molecular weight is 366 g/mol. The summed E-state index contributed by atoms with van der Waals surface area (Å²) in [6.45, 7) is 6.29. The molecule has 0 bridgehead atoms. The fraction of sp³-hybridized carbons (Fsp3) is 0.500. The Morgan fingerprint density at radius 2 is 1.79 bits per heavy atom. The molecule has 0 spiro atoms. The number of Topliss-reactive ketones (excluding diaryl/α,β-unsaturated/α-hetero) is 1. The molecular weight excluding hydrogens is 347 g/mol. The van der Waals surface area contributed by atoms with Crippen LogP contribution in [0, 0.1) is 0 Å². The molecule has 0 heterocycles. The average Bonchev–Trinajstić information content (AvgIpc) is 2.34. The van der Waals surface area contributed by atoms with Gasteiger partial charge in [0.05, 0.1) is 10.6 Å². The van der Waals surface area contributed by atoms with E-state index in [2.05, 4.69) is 5.32 Å². The Labute approximate surface area is 143 Å². The minimum Gasteiger partial charge on any atom is -0.444 e. The van der Waals surface area contributed by atoms with E-state index in [1.807, 2.05) is 0 Å². The topological polar surface area (TPSA) is 55.4 Å². The predicted molar refractivity (Wildman–Crippen MR) is 84.4 cm³/mol. The van der Waals surface area contributed by atoms with Gasteiger partial charge in [-0.05, 0) is 51.8 Å². The van der Waals surface area contributed by atoms with Crippen molar-refractivity contribution in [2.75, 3.05) is 6.54 Å². The number of alkyl carbamates (subject to hydrolysis) is 1. The number of carbonyl (C=O) groups is 2. The van der Waals surface area contributed by atoms with Gasteiger partial charge >= 0.3 is 12.3 Å². The van der Waals surface area contributed by atoms with E-state index < -0.39 is 29.2 Å². The fourth-order valence-corrected chi connectivity index (χ4v) is 2.40. The Hall–Kier alpha value is -1.76. The van der Waals surface area contributed by atoms with Crippen molar-refractivity contribution in [1.82, 2.24) is 5.32 Å². The van der Waals surface area contributed by atoms with Gasteiger partial charge < -0.3 is 10.1 Å². The summed E-state index contributed by atoms with van der Waals surface area (Å²) in [6.07, 6.45) is -5.26. The third-order valence-electron chi connectivity index (χ3n) is 2.91. The molecule has 0 aliphatic heterocycles. The lowest BCUT2D eigenvalue weighted by Crippen LogP contribution is -2.33. The summed E-state index contributed by atoms with van der Waals surface area (Å²) in [6, 6.07) is 1.60. The van der Waals surface area contributed by atoms with Gasteiger partial charge in [-0.1, -0.05) is 11.6 Å². The number of benzene rings is 1. The Kier molecular flexibility index (Phi) is 6.27. The standard InChI is InChI=1S/C16H19ClF3NO3/c1-9(22)13-10(5-6-21-14(23)24-15(2,3)4)7-11(8-12(13)17)16(18,19)20/h7-8H,5-6H2,1-4H3,(H,21,23). The van der Waals surface area contributed by atoms with Crippen LogP contribution in [0.4, 0.5) is 18.0 Å². The van der Waals surface area contributed by atoms with Crippen LogP contribution in [0.25, 0.3) is 0 Å². The molecule has 0 unspecified atom stereocenters. The summed E-state index contributed by atoms with van der Waals surface area (Å²) in [4.78, 5) is 23.2. The predicted octanol–water partition coefficient (Wildman–Crippen LogP) is 4.63. The van der Waals surface area contributed by atoms with Gasteiger partial charge in [0.1, 0.15) is 5.60 Å². The second-order valence-corrected chi connectivity index (χ2v) is 6.63. The van der Waals surface area contributed by atoms with Crippen LogP contribution in [0.2, 0.25) is 5.02 Å². The molecule has 0 aliphatic carbocycles. The Morgan fingerprint density at radius 3 is 2.25 bits per heavy atom. The first-order valence-corrected chi connectivity index (χ1v) is 7.56. The summed E-state index contributed by atoms with van der Waals surface area (Å²) in [5.74, 6) is -0.444. The van der Waals surface area contributed by atoms with Gasteiger partial charge in [-0.25, -0.2) is 4.79 Å². The molecule has 0 radical (unpaired) electrons. The minimum atomic E-state index is -4.58. The zero-order valence-corrected chi connectivity index (χ0v) is 14.6. The number of hydrogen-bond acceptors (Lipinski definition) is 3. The quantitative estimate of drug-likeness (QED) is 0.791. The third kappa shape index (κ3) is 6.03. The first kappa shape index (κ1) is 20.3. The summed E-state index contributed by atoms with van der Waals surface area (Å²) < 4.78 is 43.7. The van der Waals surface area contributed by atoms with Crippen molar-refractivity contribution >= 4 is 23.5 Å². The molecule has 1 N–H and O–H groups in total. The van der Waals surface area contributed by atoms with Crippen molar-refractivity contribution in [2.24, 2.45) is 0 Å². The van der Waals surface area contributed by atoms with Crippen LogP contribution >= 0.6 is 11.6 Å². The third-order valence-corrected chi connectivity index (χ3v) is 3.21. The van der Waals surface area contributed by atoms with E-state index in [0.29, 0.717) is 0 Å². The molecule has 0 aliphatic rings. The van der Waals surface area contributed by atoms with E-state index in [0.717, 1.165) is 12.1 Å². The molecule has 8 heteroatoms. The largest absolute Gasteiger partial charge is 0.444 e. The Balaban J connectivity index is 2.95. The molecule has 1 aromatic carbocycles. The Bertz CT molecular complexity index is 637. The molecule has 0 aromatic heterocycles. The van der Waals surface area contributed by atoms with Crippen molar-refractivity contribution in [2.45, 2.75) is 45.9 Å². The molecule has 0 saturated heterocycles. The Morgan fingerprint density at radius 1 is 1.21 bits per heavy atom. The van der Waals surface area contributed by atoms with Crippen LogP contribution in [0.1, 0.15) is 49.2 Å². The highest BCUT2D eigenvalue weighted by atomic mass is 35.5. The highest BCUT2D eigenvalue weighted by molar-refractivity contribution is 6.34. The second-order valence-electron chi connectivity index (χ2n) is 6.22. The van der Waals surface area contributed by atoms with Crippen molar-refractivity contribution in [3.8, 4) is 0 Å². The number of nitrogens with one attached hydrogen (secondary N) is 1.